The van der Waals surface area contributed by atoms with Crippen LogP contribution in [0.5, 0.6) is 0 Å². The van der Waals surface area contributed by atoms with Crippen molar-refractivity contribution in [2.24, 2.45) is 0 Å². The zero-order chi connectivity index (χ0) is 9.78. The molecule has 0 spiro atoms. The Morgan fingerprint density at radius 1 is 1.50 bits per heavy atom. The average molecular weight is 198 g/mol. The molecule has 0 rings (SSSR count). The third kappa shape index (κ3) is 7.29. The Kier molecular flexibility index (Phi) is 3.98. The summed E-state index contributed by atoms with van der Waals surface area (Å²) < 4.78 is 36.7. The molecule has 0 aromatic rings. The molecule has 0 aliphatic rings. The molecule has 0 saturated heterocycles. The van der Waals surface area contributed by atoms with E-state index < -0.39 is 22.2 Å². The SMILES string of the molecule is CC(C)OC(=O)OCS(=O)(=O)O. The van der Waals surface area contributed by atoms with E-state index in [2.05, 4.69) is 9.47 Å². The molecule has 0 aromatic carbocycles. The summed E-state index contributed by atoms with van der Waals surface area (Å²) in [7, 11) is -4.28. The summed E-state index contributed by atoms with van der Waals surface area (Å²) in [6.45, 7) is 3.16. The molecule has 7 heteroatoms. The maximum absolute atomic E-state index is 10.5. The molecule has 0 fully saturated rings. The van der Waals surface area contributed by atoms with Crippen molar-refractivity contribution >= 4 is 16.3 Å². The van der Waals surface area contributed by atoms with E-state index in [1.165, 1.54) is 0 Å². The first-order valence-corrected chi connectivity index (χ1v) is 4.71. The largest absolute Gasteiger partial charge is 0.509 e. The molecule has 0 aliphatic carbocycles. The Morgan fingerprint density at radius 2 is 2.00 bits per heavy atom. The Morgan fingerprint density at radius 3 is 2.33 bits per heavy atom. The third-order valence-electron chi connectivity index (χ3n) is 0.658. The first-order valence-electron chi connectivity index (χ1n) is 3.10. The van der Waals surface area contributed by atoms with Gasteiger partial charge in [-0.15, -0.1) is 0 Å². The van der Waals surface area contributed by atoms with Gasteiger partial charge < -0.3 is 9.47 Å². The lowest BCUT2D eigenvalue weighted by molar-refractivity contribution is 0.0439. The van der Waals surface area contributed by atoms with E-state index in [9.17, 15) is 13.2 Å². The fourth-order valence-corrected chi connectivity index (χ4v) is 0.594. The fraction of sp³-hybridized carbons (Fsp3) is 0.800. The predicted molar refractivity (Wildman–Crippen MR) is 39.1 cm³/mol. The predicted octanol–water partition coefficient (Wildman–Crippen LogP) is 0.393. The molecule has 0 amide bonds. The van der Waals surface area contributed by atoms with Gasteiger partial charge in [0.15, 0.2) is 0 Å². The van der Waals surface area contributed by atoms with Crippen molar-refractivity contribution in [2.45, 2.75) is 20.0 Å². The number of carbonyl (C=O) groups excluding carboxylic acids is 1. The quantitative estimate of drug-likeness (QED) is 0.521. The van der Waals surface area contributed by atoms with Crippen LogP contribution < -0.4 is 0 Å². The fourth-order valence-electron chi connectivity index (χ4n) is 0.349. The molecule has 1 N–H and O–H groups in total. The van der Waals surface area contributed by atoms with Crippen molar-refractivity contribution in [1.29, 1.82) is 0 Å². The van der Waals surface area contributed by atoms with Crippen LogP contribution in [0.15, 0.2) is 0 Å². The second-order valence-corrected chi connectivity index (χ2v) is 3.66. The van der Waals surface area contributed by atoms with Crippen LogP contribution in [0.2, 0.25) is 0 Å². The summed E-state index contributed by atoms with van der Waals surface area (Å²) in [5.41, 5.74) is 0. The van der Waals surface area contributed by atoms with E-state index in [-0.39, 0.29) is 6.10 Å². The zero-order valence-electron chi connectivity index (χ0n) is 6.68. The van der Waals surface area contributed by atoms with Crippen LogP contribution in [0.25, 0.3) is 0 Å². The van der Waals surface area contributed by atoms with Gasteiger partial charge in [-0.05, 0) is 13.8 Å². The second kappa shape index (κ2) is 4.27. The van der Waals surface area contributed by atoms with Crippen LogP contribution in [0.1, 0.15) is 13.8 Å². The molecular weight excluding hydrogens is 188 g/mol. The molecule has 0 unspecified atom stereocenters. The topological polar surface area (TPSA) is 89.9 Å². The van der Waals surface area contributed by atoms with Crippen LogP contribution >= 0.6 is 0 Å². The molecular formula is C5H10O6S. The molecule has 0 radical (unpaired) electrons. The highest BCUT2D eigenvalue weighted by molar-refractivity contribution is 7.85. The van der Waals surface area contributed by atoms with Crippen LogP contribution in [0.4, 0.5) is 4.79 Å². The van der Waals surface area contributed by atoms with E-state index in [1.54, 1.807) is 13.8 Å². The first-order chi connectivity index (χ1) is 5.31. The van der Waals surface area contributed by atoms with Gasteiger partial charge in [0.25, 0.3) is 0 Å². The standard InChI is InChI=1S/C5H10O6S/c1-4(2)11-5(6)10-3-12(7,8)9/h4H,3H2,1-2H3,(H,7,8,9). The smallest absolute Gasteiger partial charge is 0.432 e. The maximum atomic E-state index is 10.5. The number of carbonyl (C=O) groups is 1. The van der Waals surface area contributed by atoms with Crippen LogP contribution in [-0.4, -0.2) is 31.2 Å². The number of hydrogen-bond acceptors (Lipinski definition) is 5. The van der Waals surface area contributed by atoms with Crippen molar-refractivity contribution in [3.8, 4) is 0 Å². The Bertz CT molecular complexity index is 241. The van der Waals surface area contributed by atoms with Gasteiger partial charge in [0.1, 0.15) is 0 Å². The molecule has 0 aliphatic heterocycles. The van der Waals surface area contributed by atoms with Crippen molar-refractivity contribution in [3.63, 3.8) is 0 Å². The molecule has 6 nitrogen and oxygen atoms in total. The first kappa shape index (κ1) is 11.2. The van der Waals surface area contributed by atoms with Gasteiger partial charge in [0.2, 0.25) is 5.94 Å². The van der Waals surface area contributed by atoms with Gasteiger partial charge in [-0.1, -0.05) is 0 Å². The second-order valence-electron chi connectivity index (χ2n) is 2.26. The Balaban J connectivity index is 3.73. The summed E-state index contributed by atoms with van der Waals surface area (Å²) in [4.78, 5) is 10.5. The molecule has 0 atom stereocenters. The minimum atomic E-state index is -4.28. The van der Waals surface area contributed by atoms with Crippen LogP contribution in [0.3, 0.4) is 0 Å². The van der Waals surface area contributed by atoms with Crippen molar-refractivity contribution in [3.05, 3.63) is 0 Å². The third-order valence-corrected chi connectivity index (χ3v) is 1.07. The van der Waals surface area contributed by atoms with Gasteiger partial charge in [-0.25, -0.2) is 4.79 Å². The van der Waals surface area contributed by atoms with Gasteiger partial charge in [0, 0.05) is 0 Å². The summed E-state index contributed by atoms with van der Waals surface area (Å²) in [6.07, 6.45) is -1.51. The van der Waals surface area contributed by atoms with Gasteiger partial charge >= 0.3 is 16.3 Å². The highest BCUT2D eigenvalue weighted by atomic mass is 32.2. The van der Waals surface area contributed by atoms with Crippen molar-refractivity contribution in [2.75, 3.05) is 5.94 Å². The molecule has 12 heavy (non-hydrogen) atoms. The van der Waals surface area contributed by atoms with E-state index in [4.69, 9.17) is 4.55 Å². The van der Waals surface area contributed by atoms with Crippen molar-refractivity contribution < 1.29 is 27.2 Å². The highest BCUT2D eigenvalue weighted by Gasteiger charge is 2.11. The summed E-state index contributed by atoms with van der Waals surface area (Å²) >= 11 is 0. The van der Waals surface area contributed by atoms with E-state index in [1.807, 2.05) is 0 Å². The average Bonchev–Trinajstić information content (AvgIpc) is 1.80. The van der Waals surface area contributed by atoms with E-state index in [0.717, 1.165) is 0 Å². The molecule has 0 heterocycles. The summed E-state index contributed by atoms with van der Waals surface area (Å²) in [6, 6.07) is 0. The Hall–Kier alpha value is -0.820. The highest BCUT2D eigenvalue weighted by Crippen LogP contribution is 1.94. The molecule has 0 saturated carbocycles. The summed E-state index contributed by atoms with van der Waals surface area (Å²) in [5, 5.41) is 0. The van der Waals surface area contributed by atoms with Crippen molar-refractivity contribution in [1.82, 2.24) is 0 Å². The Labute approximate surface area is 70.2 Å². The monoisotopic (exact) mass is 198 g/mol. The lowest BCUT2D eigenvalue weighted by Crippen LogP contribution is -2.17. The van der Waals surface area contributed by atoms with Crippen LogP contribution in [-0.2, 0) is 19.6 Å². The minimum Gasteiger partial charge on any atom is -0.432 e. The number of ether oxygens (including phenoxy) is 2. The minimum absolute atomic E-state index is 0.390. The summed E-state index contributed by atoms with van der Waals surface area (Å²) in [5.74, 6) is -1.08. The van der Waals surface area contributed by atoms with E-state index in [0.29, 0.717) is 0 Å². The van der Waals surface area contributed by atoms with Gasteiger partial charge in [0.05, 0.1) is 6.10 Å². The molecule has 0 bridgehead atoms. The maximum Gasteiger partial charge on any atom is 0.509 e. The molecule has 0 aromatic heterocycles. The zero-order valence-corrected chi connectivity index (χ0v) is 7.50. The lowest BCUT2D eigenvalue weighted by atomic mass is 10.5. The number of rotatable bonds is 3. The van der Waals surface area contributed by atoms with E-state index >= 15 is 0 Å². The molecule has 72 valence electrons. The number of hydrogen-bond donors (Lipinski definition) is 1. The van der Waals surface area contributed by atoms with Gasteiger partial charge in [-0.3, -0.25) is 4.55 Å². The van der Waals surface area contributed by atoms with Gasteiger partial charge in [-0.2, -0.15) is 8.42 Å². The van der Waals surface area contributed by atoms with Crippen LogP contribution in [0, 0.1) is 0 Å². The normalized spacial score (nSPS) is 11.3. The lowest BCUT2D eigenvalue weighted by Gasteiger charge is -2.06.